The number of esters is 1. The quantitative estimate of drug-likeness (QED) is 0.244. The van der Waals surface area contributed by atoms with Crippen molar-refractivity contribution in [2.75, 3.05) is 34.2 Å². The van der Waals surface area contributed by atoms with Crippen LogP contribution in [0, 0.1) is 0 Å². The highest BCUT2D eigenvalue weighted by Gasteiger charge is 2.31. The van der Waals surface area contributed by atoms with Crippen LogP contribution in [0.1, 0.15) is 25.3 Å². The lowest BCUT2D eigenvalue weighted by Crippen LogP contribution is -2.37. The van der Waals surface area contributed by atoms with Crippen molar-refractivity contribution in [2.24, 2.45) is 0 Å². The predicted octanol–water partition coefficient (Wildman–Crippen LogP) is 6.13. The van der Waals surface area contributed by atoms with Crippen LogP contribution < -0.4 is 14.5 Å². The number of fused-ring (bicyclic) bond motifs is 1. The number of benzene rings is 3. The zero-order chi connectivity index (χ0) is 27.3. The number of unbranched alkanes of at least 4 members (excludes halogenated alkanes) is 1. The molecule has 0 bridgehead atoms. The third-order valence-corrected chi connectivity index (χ3v) is 8.17. The Morgan fingerprint density at radius 3 is 2.42 bits per heavy atom. The molecule has 1 aliphatic heterocycles. The Hall–Kier alpha value is -3.27. The molecule has 0 saturated carbocycles. The fraction of sp³-hybridized carbons (Fsp3) is 0.259. The molecule has 4 rings (SSSR count). The van der Waals surface area contributed by atoms with E-state index in [-0.39, 0.29) is 33.3 Å². The third-order valence-electron chi connectivity index (χ3n) is 5.98. The number of amides is 2. The van der Waals surface area contributed by atoms with Gasteiger partial charge in [-0.1, -0.05) is 60.8 Å². The summed E-state index contributed by atoms with van der Waals surface area (Å²) in [5, 5.41) is 3.13. The molecule has 0 atom stereocenters. The number of ether oxygens (including phenoxy) is 1. The summed E-state index contributed by atoms with van der Waals surface area (Å²) < 4.78 is 33.7. The second kappa shape index (κ2) is 12.1. The maximum absolute atomic E-state index is 13.8. The molecule has 2 amide bonds. The normalized spacial score (nSPS) is 12.7. The van der Waals surface area contributed by atoms with Crippen LogP contribution >= 0.6 is 23.2 Å². The van der Waals surface area contributed by atoms with Crippen LogP contribution in [0.3, 0.4) is 0 Å². The maximum atomic E-state index is 13.8. The van der Waals surface area contributed by atoms with Crippen LogP contribution in [0.5, 0.6) is 0 Å². The highest BCUT2D eigenvalue weighted by Crippen LogP contribution is 2.35. The SMILES string of the molecule is CCCCOC(=O)CN(c1ccc2c(c1)N(C(=O)Nc1ccccc1)CC2)S(=O)(=O)c1cc(Cl)cc(Cl)c1. The third kappa shape index (κ3) is 6.40. The van der Waals surface area contributed by atoms with Crippen LogP contribution in [0.25, 0.3) is 0 Å². The van der Waals surface area contributed by atoms with Gasteiger partial charge in [-0.25, -0.2) is 13.2 Å². The topological polar surface area (TPSA) is 96.0 Å². The molecule has 0 spiro atoms. The predicted molar refractivity (Wildman–Crippen MR) is 150 cm³/mol. The van der Waals surface area contributed by atoms with Gasteiger partial charge < -0.3 is 10.1 Å². The molecule has 0 aliphatic carbocycles. The molecule has 0 radical (unpaired) electrons. The minimum atomic E-state index is -4.28. The van der Waals surface area contributed by atoms with Gasteiger partial charge in [0.05, 0.1) is 22.9 Å². The molecule has 1 heterocycles. The molecule has 0 saturated heterocycles. The largest absolute Gasteiger partial charge is 0.464 e. The Morgan fingerprint density at radius 2 is 1.74 bits per heavy atom. The van der Waals surface area contributed by atoms with Crippen molar-refractivity contribution in [1.82, 2.24) is 0 Å². The highest BCUT2D eigenvalue weighted by molar-refractivity contribution is 7.92. The van der Waals surface area contributed by atoms with E-state index in [1.807, 2.05) is 25.1 Å². The van der Waals surface area contributed by atoms with Crippen molar-refractivity contribution in [3.8, 4) is 0 Å². The molecule has 38 heavy (non-hydrogen) atoms. The van der Waals surface area contributed by atoms with Gasteiger partial charge in [-0.3, -0.25) is 14.0 Å². The van der Waals surface area contributed by atoms with E-state index in [1.54, 1.807) is 35.2 Å². The van der Waals surface area contributed by atoms with Crippen LogP contribution in [0.2, 0.25) is 10.0 Å². The Bertz CT molecular complexity index is 1410. The number of hydrogen-bond acceptors (Lipinski definition) is 5. The zero-order valence-corrected chi connectivity index (χ0v) is 23.0. The molecule has 8 nitrogen and oxygen atoms in total. The highest BCUT2D eigenvalue weighted by atomic mass is 35.5. The van der Waals surface area contributed by atoms with Crippen molar-refractivity contribution < 1.29 is 22.7 Å². The summed E-state index contributed by atoms with van der Waals surface area (Å²) in [6, 6.07) is 17.6. The van der Waals surface area contributed by atoms with Crippen molar-refractivity contribution in [3.05, 3.63) is 82.3 Å². The van der Waals surface area contributed by atoms with E-state index in [4.69, 9.17) is 27.9 Å². The van der Waals surface area contributed by atoms with E-state index in [9.17, 15) is 18.0 Å². The van der Waals surface area contributed by atoms with Crippen molar-refractivity contribution in [2.45, 2.75) is 31.1 Å². The first-order valence-corrected chi connectivity index (χ1v) is 14.3. The molecule has 11 heteroatoms. The molecular weight excluding hydrogens is 549 g/mol. The van der Waals surface area contributed by atoms with Crippen LogP contribution in [0.15, 0.2) is 71.6 Å². The number of carbonyl (C=O) groups is 2. The smallest absolute Gasteiger partial charge is 0.326 e. The maximum Gasteiger partial charge on any atom is 0.326 e. The standard InChI is InChI=1S/C27H27Cl2N3O5S/c1-2-3-13-37-26(33)18-32(38(35,36)24-15-20(28)14-21(29)16-24)23-10-9-19-11-12-31(25(19)17-23)27(34)30-22-7-5-4-6-8-22/h4-10,14-17H,2-3,11-13,18H2,1H3,(H,30,34). The molecule has 1 aliphatic rings. The second-order valence-corrected chi connectivity index (χ2v) is 11.4. The summed E-state index contributed by atoms with van der Waals surface area (Å²) in [4.78, 5) is 27.1. The molecule has 1 N–H and O–H groups in total. The average molecular weight is 577 g/mol. The lowest BCUT2D eigenvalue weighted by Gasteiger charge is -2.25. The van der Waals surface area contributed by atoms with E-state index in [0.29, 0.717) is 30.8 Å². The summed E-state index contributed by atoms with van der Waals surface area (Å²) in [7, 11) is -4.28. The van der Waals surface area contributed by atoms with Gasteiger partial charge >= 0.3 is 12.0 Å². The van der Waals surface area contributed by atoms with Gasteiger partial charge in [-0.05, 0) is 60.9 Å². The summed E-state index contributed by atoms with van der Waals surface area (Å²) >= 11 is 12.2. The van der Waals surface area contributed by atoms with Crippen molar-refractivity contribution in [3.63, 3.8) is 0 Å². The van der Waals surface area contributed by atoms with Crippen LogP contribution in [-0.4, -0.2) is 40.1 Å². The molecule has 0 fully saturated rings. The van der Waals surface area contributed by atoms with Gasteiger partial charge in [0.25, 0.3) is 10.0 Å². The first kappa shape index (κ1) is 27.8. The van der Waals surface area contributed by atoms with Gasteiger partial charge in [0.2, 0.25) is 0 Å². The van der Waals surface area contributed by atoms with E-state index in [1.165, 1.54) is 18.2 Å². The van der Waals surface area contributed by atoms with Crippen LogP contribution in [-0.2, 0) is 26.0 Å². The number of carbonyl (C=O) groups excluding carboxylic acids is 2. The van der Waals surface area contributed by atoms with Gasteiger partial charge in [-0.2, -0.15) is 0 Å². The van der Waals surface area contributed by atoms with Gasteiger partial charge in [0.1, 0.15) is 6.54 Å². The number of rotatable bonds is 9. The molecule has 3 aromatic rings. The molecule has 3 aromatic carbocycles. The number of nitrogens with one attached hydrogen (secondary N) is 1. The van der Waals surface area contributed by atoms with Gasteiger partial charge in [0, 0.05) is 22.3 Å². The lowest BCUT2D eigenvalue weighted by molar-refractivity contribution is -0.141. The monoisotopic (exact) mass is 575 g/mol. The minimum Gasteiger partial charge on any atom is -0.464 e. The Labute approximate surface area is 232 Å². The number of para-hydroxylation sites is 1. The first-order chi connectivity index (χ1) is 18.2. The Morgan fingerprint density at radius 1 is 1.03 bits per heavy atom. The number of hydrogen-bond donors (Lipinski definition) is 1. The Kier molecular flexibility index (Phi) is 8.81. The summed E-state index contributed by atoms with van der Waals surface area (Å²) in [6.45, 7) is 2.00. The van der Waals surface area contributed by atoms with Crippen molar-refractivity contribution >= 4 is 62.3 Å². The Balaban J connectivity index is 1.69. The van der Waals surface area contributed by atoms with E-state index in [2.05, 4.69) is 5.32 Å². The number of urea groups is 1. The van der Waals surface area contributed by atoms with Crippen LogP contribution in [0.4, 0.5) is 21.9 Å². The number of sulfonamides is 1. The summed E-state index contributed by atoms with van der Waals surface area (Å²) in [5.74, 6) is -0.700. The fourth-order valence-corrected chi connectivity index (χ4v) is 6.19. The second-order valence-electron chi connectivity index (χ2n) is 8.70. The van der Waals surface area contributed by atoms with Gasteiger partial charge in [0.15, 0.2) is 0 Å². The summed E-state index contributed by atoms with van der Waals surface area (Å²) in [5.41, 5.74) is 2.27. The summed E-state index contributed by atoms with van der Waals surface area (Å²) in [6.07, 6.45) is 2.09. The number of halogens is 2. The molecule has 0 unspecified atom stereocenters. The fourth-order valence-electron chi connectivity index (χ4n) is 4.06. The molecular formula is C27H27Cl2N3O5S. The lowest BCUT2D eigenvalue weighted by atomic mass is 10.1. The van der Waals surface area contributed by atoms with E-state index < -0.39 is 22.5 Å². The number of nitrogens with zero attached hydrogens (tertiary/aromatic N) is 2. The minimum absolute atomic E-state index is 0.138. The first-order valence-electron chi connectivity index (χ1n) is 12.1. The zero-order valence-electron chi connectivity index (χ0n) is 20.7. The van der Waals surface area contributed by atoms with Gasteiger partial charge in [-0.15, -0.1) is 0 Å². The molecule has 200 valence electrons. The van der Waals surface area contributed by atoms with Crippen molar-refractivity contribution in [1.29, 1.82) is 0 Å². The number of anilines is 3. The van der Waals surface area contributed by atoms with E-state index >= 15 is 0 Å². The van der Waals surface area contributed by atoms with E-state index in [0.717, 1.165) is 16.3 Å². The molecule has 0 aromatic heterocycles. The average Bonchev–Trinajstić information content (AvgIpc) is 3.31.